The zero-order valence-electron chi connectivity index (χ0n) is 9.95. The zero-order valence-corrected chi connectivity index (χ0v) is 9.95. The summed E-state index contributed by atoms with van der Waals surface area (Å²) in [6, 6.07) is 0.293. The molecule has 2 aliphatic rings. The summed E-state index contributed by atoms with van der Waals surface area (Å²) in [6.07, 6.45) is 6.36. The van der Waals surface area contributed by atoms with Gasteiger partial charge in [0, 0.05) is 11.5 Å². The molecule has 0 amide bonds. The summed E-state index contributed by atoms with van der Waals surface area (Å²) in [5.41, 5.74) is 1.42. The van der Waals surface area contributed by atoms with Gasteiger partial charge in [0.15, 0.2) is 0 Å². The van der Waals surface area contributed by atoms with E-state index in [9.17, 15) is 0 Å². The molecule has 0 spiro atoms. The molecule has 0 aromatic heterocycles. The van der Waals surface area contributed by atoms with Gasteiger partial charge in [-0.1, -0.05) is 45.9 Å². The molecule has 0 N–H and O–H groups in total. The van der Waals surface area contributed by atoms with Crippen molar-refractivity contribution in [1.29, 1.82) is 0 Å². The Kier molecular flexibility index (Phi) is 2.45. The molecule has 2 nitrogen and oxygen atoms in total. The summed E-state index contributed by atoms with van der Waals surface area (Å²) in [4.78, 5) is 4.68. The predicted octanol–water partition coefficient (Wildman–Crippen LogP) is 2.96. The quantitative estimate of drug-likeness (QED) is 0.645. The first-order valence-corrected chi connectivity index (χ1v) is 5.58. The summed E-state index contributed by atoms with van der Waals surface area (Å²) in [6.45, 7) is 9.52. The molecule has 0 saturated heterocycles. The molecule has 0 aromatic rings. The highest BCUT2D eigenvalue weighted by molar-refractivity contribution is 5.96. The number of hydrogen-bond acceptors (Lipinski definition) is 2. The van der Waals surface area contributed by atoms with Crippen LogP contribution in [0.1, 0.15) is 27.7 Å². The van der Waals surface area contributed by atoms with Gasteiger partial charge in [0.1, 0.15) is 6.61 Å². The molecule has 82 valence electrons. The van der Waals surface area contributed by atoms with Crippen LogP contribution in [0.2, 0.25) is 0 Å². The van der Waals surface area contributed by atoms with Crippen LogP contribution in [0.3, 0.4) is 0 Å². The highest BCUT2D eigenvalue weighted by atomic mass is 16.5. The van der Waals surface area contributed by atoms with Gasteiger partial charge in [-0.25, -0.2) is 4.99 Å². The number of nitrogens with zero attached hydrogens (tertiary/aromatic N) is 1. The van der Waals surface area contributed by atoms with Crippen LogP contribution < -0.4 is 0 Å². The van der Waals surface area contributed by atoms with Crippen LogP contribution in [0, 0.1) is 11.3 Å². The topological polar surface area (TPSA) is 21.6 Å². The van der Waals surface area contributed by atoms with E-state index in [2.05, 4.69) is 50.9 Å². The minimum absolute atomic E-state index is 0.192. The van der Waals surface area contributed by atoms with E-state index in [0.717, 1.165) is 12.5 Å². The lowest BCUT2D eigenvalue weighted by atomic mass is 9.88. The van der Waals surface area contributed by atoms with Gasteiger partial charge in [-0.2, -0.15) is 0 Å². The van der Waals surface area contributed by atoms with Crippen LogP contribution in [0.15, 0.2) is 28.8 Å². The van der Waals surface area contributed by atoms with Crippen molar-refractivity contribution in [1.82, 2.24) is 0 Å². The van der Waals surface area contributed by atoms with E-state index in [0.29, 0.717) is 12.0 Å². The Hall–Kier alpha value is -1.05. The summed E-state index contributed by atoms with van der Waals surface area (Å²) in [5.74, 6) is 1.30. The smallest absolute Gasteiger partial charge is 0.212 e. The standard InChI is InChI=1S/C13H19NO/c1-9-6-5-7-10(9)12-14-11(8-15-12)13(2,3)4/h5-7,9,11H,8H2,1-4H3. The fourth-order valence-electron chi connectivity index (χ4n) is 1.82. The van der Waals surface area contributed by atoms with Crippen LogP contribution in [-0.4, -0.2) is 18.5 Å². The number of aliphatic imine (C=N–C) groups is 1. The van der Waals surface area contributed by atoms with Gasteiger partial charge in [0.2, 0.25) is 5.90 Å². The zero-order chi connectivity index (χ0) is 11.1. The summed E-state index contributed by atoms with van der Waals surface area (Å²) >= 11 is 0. The third kappa shape index (κ3) is 1.99. The van der Waals surface area contributed by atoms with Gasteiger partial charge in [-0.05, 0) is 5.41 Å². The first-order valence-electron chi connectivity index (χ1n) is 5.58. The van der Waals surface area contributed by atoms with Crippen LogP contribution in [0.4, 0.5) is 0 Å². The van der Waals surface area contributed by atoms with E-state index >= 15 is 0 Å². The van der Waals surface area contributed by atoms with E-state index < -0.39 is 0 Å². The molecule has 1 heterocycles. The average Bonchev–Trinajstić information content (AvgIpc) is 2.69. The number of rotatable bonds is 1. The number of allylic oxidation sites excluding steroid dienone is 3. The van der Waals surface area contributed by atoms with E-state index in [-0.39, 0.29) is 5.41 Å². The summed E-state index contributed by atoms with van der Waals surface area (Å²) in [7, 11) is 0. The first kappa shape index (κ1) is 10.5. The normalized spacial score (nSPS) is 30.1. The molecule has 2 unspecified atom stereocenters. The molecule has 0 radical (unpaired) electrons. The van der Waals surface area contributed by atoms with Gasteiger partial charge in [-0.3, -0.25) is 0 Å². The maximum Gasteiger partial charge on any atom is 0.212 e. The number of hydrogen-bond donors (Lipinski definition) is 0. The van der Waals surface area contributed by atoms with Crippen molar-refractivity contribution in [2.75, 3.05) is 6.61 Å². The van der Waals surface area contributed by atoms with Crippen molar-refractivity contribution in [3.63, 3.8) is 0 Å². The second-order valence-corrected chi connectivity index (χ2v) is 5.42. The Morgan fingerprint density at radius 2 is 2.13 bits per heavy atom. The van der Waals surface area contributed by atoms with Crippen molar-refractivity contribution in [3.8, 4) is 0 Å². The van der Waals surface area contributed by atoms with Gasteiger partial charge < -0.3 is 4.74 Å². The van der Waals surface area contributed by atoms with Crippen LogP contribution in [-0.2, 0) is 4.74 Å². The second kappa shape index (κ2) is 3.51. The minimum Gasteiger partial charge on any atom is -0.475 e. The van der Waals surface area contributed by atoms with E-state index in [1.165, 1.54) is 5.57 Å². The van der Waals surface area contributed by atoms with E-state index in [1.54, 1.807) is 0 Å². The maximum absolute atomic E-state index is 5.69. The Morgan fingerprint density at radius 1 is 1.40 bits per heavy atom. The Balaban J connectivity index is 2.14. The van der Waals surface area contributed by atoms with Crippen LogP contribution >= 0.6 is 0 Å². The third-order valence-corrected chi connectivity index (χ3v) is 3.06. The molecule has 2 atom stereocenters. The highest BCUT2D eigenvalue weighted by Crippen LogP contribution is 2.30. The molecule has 1 aliphatic carbocycles. The molecular formula is C13H19NO. The van der Waals surface area contributed by atoms with Crippen LogP contribution in [0.5, 0.6) is 0 Å². The minimum atomic E-state index is 0.192. The Labute approximate surface area is 91.7 Å². The second-order valence-electron chi connectivity index (χ2n) is 5.42. The SMILES string of the molecule is CC1C=CC=C1C1=NC(C(C)(C)C)CO1. The average molecular weight is 205 g/mol. The molecule has 2 heteroatoms. The van der Waals surface area contributed by atoms with Gasteiger partial charge >= 0.3 is 0 Å². The van der Waals surface area contributed by atoms with Crippen molar-refractivity contribution in [2.24, 2.45) is 16.3 Å². The Morgan fingerprint density at radius 3 is 2.60 bits per heavy atom. The Bertz CT molecular complexity index is 344. The summed E-state index contributed by atoms with van der Waals surface area (Å²) in [5, 5.41) is 0. The van der Waals surface area contributed by atoms with Crippen molar-refractivity contribution >= 4 is 5.90 Å². The van der Waals surface area contributed by atoms with E-state index in [4.69, 9.17) is 4.74 Å². The van der Waals surface area contributed by atoms with Crippen LogP contribution in [0.25, 0.3) is 0 Å². The molecule has 0 aromatic carbocycles. The molecule has 0 fully saturated rings. The first-order chi connectivity index (χ1) is 6.98. The third-order valence-electron chi connectivity index (χ3n) is 3.06. The molecule has 1 aliphatic heterocycles. The molecule has 0 saturated carbocycles. The fourth-order valence-corrected chi connectivity index (χ4v) is 1.82. The predicted molar refractivity (Wildman–Crippen MR) is 63.0 cm³/mol. The fraction of sp³-hybridized carbons (Fsp3) is 0.615. The van der Waals surface area contributed by atoms with E-state index in [1.807, 2.05) is 0 Å². The van der Waals surface area contributed by atoms with Crippen molar-refractivity contribution < 1.29 is 4.74 Å². The van der Waals surface area contributed by atoms with Crippen molar-refractivity contribution in [2.45, 2.75) is 33.7 Å². The molecule has 0 bridgehead atoms. The lowest BCUT2D eigenvalue weighted by Crippen LogP contribution is -2.25. The molecular weight excluding hydrogens is 186 g/mol. The highest BCUT2D eigenvalue weighted by Gasteiger charge is 2.32. The maximum atomic E-state index is 5.69. The lowest BCUT2D eigenvalue weighted by molar-refractivity contribution is 0.235. The molecule has 15 heavy (non-hydrogen) atoms. The van der Waals surface area contributed by atoms with Gasteiger partial charge in [-0.15, -0.1) is 0 Å². The number of ether oxygens (including phenoxy) is 1. The molecule has 2 rings (SSSR count). The van der Waals surface area contributed by atoms with Crippen molar-refractivity contribution in [3.05, 3.63) is 23.8 Å². The largest absolute Gasteiger partial charge is 0.475 e. The summed E-state index contributed by atoms with van der Waals surface area (Å²) < 4.78 is 5.69. The lowest BCUT2D eigenvalue weighted by Gasteiger charge is -2.21. The monoisotopic (exact) mass is 205 g/mol. The van der Waals surface area contributed by atoms with Gasteiger partial charge in [0.25, 0.3) is 0 Å². The van der Waals surface area contributed by atoms with Gasteiger partial charge in [0.05, 0.1) is 6.04 Å².